The van der Waals surface area contributed by atoms with Crippen LogP contribution >= 0.6 is 0 Å². The monoisotopic (exact) mass is 259 g/mol. The van der Waals surface area contributed by atoms with E-state index in [1.165, 1.54) is 12.1 Å². The number of nitrogens with two attached hydrogens (primary N) is 1. The Balaban J connectivity index is 2.37. The molecule has 0 aromatic heterocycles. The molecule has 2 N–H and O–H groups in total. The van der Waals surface area contributed by atoms with E-state index in [4.69, 9.17) is 10.5 Å². The van der Waals surface area contributed by atoms with E-state index in [1.54, 1.807) is 6.07 Å². The second-order valence-corrected chi connectivity index (χ2v) is 4.68. The highest BCUT2D eigenvalue weighted by molar-refractivity contribution is 5.32. The Bertz CT molecular complexity index is 411. The number of ether oxygens (including phenoxy) is 1. The Morgan fingerprint density at radius 3 is 2.44 bits per heavy atom. The standard InChI is InChI=1S/C13H16F3NO/c14-13(15,16)11-3-1-2-10(8-11)12(9-17)4-6-18-7-5-12/h1-3,8H,4-7,9,17H2. The van der Waals surface area contributed by atoms with Crippen molar-refractivity contribution in [3.63, 3.8) is 0 Å². The van der Waals surface area contributed by atoms with Crippen molar-refractivity contribution in [2.75, 3.05) is 19.8 Å². The molecule has 2 nitrogen and oxygen atoms in total. The number of halogens is 3. The highest BCUT2D eigenvalue weighted by Crippen LogP contribution is 2.37. The van der Waals surface area contributed by atoms with E-state index < -0.39 is 11.7 Å². The lowest BCUT2D eigenvalue weighted by Gasteiger charge is -2.37. The molecule has 18 heavy (non-hydrogen) atoms. The molecule has 1 heterocycles. The molecule has 1 aliphatic heterocycles. The second-order valence-electron chi connectivity index (χ2n) is 4.68. The zero-order valence-electron chi connectivity index (χ0n) is 9.96. The molecule has 0 radical (unpaired) electrons. The van der Waals surface area contributed by atoms with E-state index in [0.717, 1.165) is 6.07 Å². The van der Waals surface area contributed by atoms with Crippen molar-refractivity contribution in [2.45, 2.75) is 24.4 Å². The van der Waals surface area contributed by atoms with Gasteiger partial charge in [0.15, 0.2) is 0 Å². The summed E-state index contributed by atoms with van der Waals surface area (Å²) in [5.41, 5.74) is 5.47. The normalized spacial score (nSPS) is 19.8. The molecule has 5 heteroatoms. The van der Waals surface area contributed by atoms with E-state index in [9.17, 15) is 13.2 Å². The number of hydrogen-bond donors (Lipinski definition) is 1. The summed E-state index contributed by atoms with van der Waals surface area (Å²) in [6.07, 6.45) is -2.97. The van der Waals surface area contributed by atoms with Gasteiger partial charge in [0.2, 0.25) is 0 Å². The van der Waals surface area contributed by atoms with Crippen LogP contribution in [0.5, 0.6) is 0 Å². The maximum Gasteiger partial charge on any atom is 0.416 e. The molecule has 1 aromatic rings. The molecule has 0 atom stereocenters. The lowest BCUT2D eigenvalue weighted by molar-refractivity contribution is -0.137. The minimum Gasteiger partial charge on any atom is -0.381 e. The van der Waals surface area contributed by atoms with Gasteiger partial charge in [0, 0.05) is 25.2 Å². The van der Waals surface area contributed by atoms with Crippen molar-refractivity contribution in [1.29, 1.82) is 0 Å². The van der Waals surface area contributed by atoms with Crippen molar-refractivity contribution in [3.8, 4) is 0 Å². The van der Waals surface area contributed by atoms with Crippen LogP contribution in [-0.4, -0.2) is 19.8 Å². The van der Waals surface area contributed by atoms with Gasteiger partial charge in [0.25, 0.3) is 0 Å². The van der Waals surface area contributed by atoms with Crippen molar-refractivity contribution in [3.05, 3.63) is 35.4 Å². The van der Waals surface area contributed by atoms with E-state index in [1.807, 2.05) is 0 Å². The molecule has 0 saturated carbocycles. The van der Waals surface area contributed by atoms with Crippen molar-refractivity contribution in [1.82, 2.24) is 0 Å². The Kier molecular flexibility index (Phi) is 3.64. The summed E-state index contributed by atoms with van der Waals surface area (Å²) in [5.74, 6) is 0. The van der Waals surface area contributed by atoms with Crippen LogP contribution in [0.4, 0.5) is 13.2 Å². The molecule has 0 amide bonds. The predicted molar refractivity (Wildman–Crippen MR) is 62.2 cm³/mol. The molecule has 1 saturated heterocycles. The van der Waals surface area contributed by atoms with Crippen LogP contribution < -0.4 is 5.73 Å². The zero-order chi connectivity index (χ0) is 13.2. The van der Waals surface area contributed by atoms with Gasteiger partial charge in [-0.05, 0) is 24.5 Å². The summed E-state index contributed by atoms with van der Waals surface area (Å²) in [6, 6.07) is 5.49. The number of hydrogen-bond acceptors (Lipinski definition) is 2. The summed E-state index contributed by atoms with van der Waals surface area (Å²) in [6.45, 7) is 1.44. The van der Waals surface area contributed by atoms with Gasteiger partial charge in [-0.25, -0.2) is 0 Å². The van der Waals surface area contributed by atoms with E-state index in [-0.39, 0.29) is 5.41 Å². The van der Waals surface area contributed by atoms with Crippen LogP contribution in [0.3, 0.4) is 0 Å². The largest absolute Gasteiger partial charge is 0.416 e. The molecule has 100 valence electrons. The molecule has 0 bridgehead atoms. The van der Waals surface area contributed by atoms with Gasteiger partial charge < -0.3 is 10.5 Å². The maximum absolute atomic E-state index is 12.7. The zero-order valence-corrected chi connectivity index (χ0v) is 9.96. The first-order valence-corrected chi connectivity index (χ1v) is 5.93. The fourth-order valence-electron chi connectivity index (χ4n) is 2.40. The topological polar surface area (TPSA) is 35.2 Å². The molecule has 2 rings (SSSR count). The molecule has 0 aliphatic carbocycles. The lowest BCUT2D eigenvalue weighted by Crippen LogP contribution is -2.40. The smallest absolute Gasteiger partial charge is 0.381 e. The van der Waals surface area contributed by atoms with Crippen LogP contribution in [0, 0.1) is 0 Å². The molecule has 1 aliphatic rings. The third-order valence-electron chi connectivity index (χ3n) is 3.64. The quantitative estimate of drug-likeness (QED) is 0.886. The molecule has 0 unspecified atom stereocenters. The van der Waals surface area contributed by atoms with Gasteiger partial charge >= 0.3 is 6.18 Å². The van der Waals surface area contributed by atoms with E-state index >= 15 is 0 Å². The summed E-state index contributed by atoms with van der Waals surface area (Å²) >= 11 is 0. The maximum atomic E-state index is 12.7. The van der Waals surface area contributed by atoms with Gasteiger partial charge in [-0.3, -0.25) is 0 Å². The Morgan fingerprint density at radius 2 is 1.89 bits per heavy atom. The molecule has 1 aromatic carbocycles. The fourth-order valence-corrected chi connectivity index (χ4v) is 2.40. The average molecular weight is 259 g/mol. The molecule has 0 spiro atoms. The summed E-state index contributed by atoms with van der Waals surface area (Å²) in [7, 11) is 0. The second kappa shape index (κ2) is 4.90. The minimum absolute atomic E-state index is 0.345. The van der Waals surface area contributed by atoms with Crippen LogP contribution in [0.1, 0.15) is 24.0 Å². The first-order valence-electron chi connectivity index (χ1n) is 5.93. The van der Waals surface area contributed by atoms with Gasteiger partial charge in [-0.1, -0.05) is 18.2 Å². The van der Waals surface area contributed by atoms with Crippen molar-refractivity contribution in [2.24, 2.45) is 5.73 Å². The number of benzene rings is 1. The fraction of sp³-hybridized carbons (Fsp3) is 0.538. The highest BCUT2D eigenvalue weighted by Gasteiger charge is 2.36. The van der Waals surface area contributed by atoms with Crippen LogP contribution in [0.15, 0.2) is 24.3 Å². The number of alkyl halides is 3. The third-order valence-corrected chi connectivity index (χ3v) is 3.64. The van der Waals surface area contributed by atoms with Crippen molar-refractivity contribution < 1.29 is 17.9 Å². The Hall–Kier alpha value is -1.07. The summed E-state index contributed by atoms with van der Waals surface area (Å²) in [4.78, 5) is 0. The molecular weight excluding hydrogens is 243 g/mol. The van der Waals surface area contributed by atoms with Gasteiger partial charge in [0.05, 0.1) is 5.56 Å². The van der Waals surface area contributed by atoms with Gasteiger partial charge in [-0.2, -0.15) is 13.2 Å². The predicted octanol–water partition coefficient (Wildman–Crippen LogP) is 2.71. The highest BCUT2D eigenvalue weighted by atomic mass is 19.4. The van der Waals surface area contributed by atoms with Crippen LogP contribution in [0.25, 0.3) is 0 Å². The molecule has 1 fully saturated rings. The Labute approximate surface area is 104 Å². The lowest BCUT2D eigenvalue weighted by atomic mass is 9.74. The summed E-state index contributed by atoms with van der Waals surface area (Å²) < 4.78 is 43.4. The SMILES string of the molecule is NCC1(c2cccc(C(F)(F)F)c2)CCOCC1. The van der Waals surface area contributed by atoms with Crippen molar-refractivity contribution >= 4 is 0 Å². The average Bonchev–Trinajstić information content (AvgIpc) is 2.39. The first kappa shape index (κ1) is 13.4. The molecular formula is C13H16F3NO. The van der Waals surface area contributed by atoms with E-state index in [2.05, 4.69) is 0 Å². The first-order chi connectivity index (χ1) is 8.48. The number of rotatable bonds is 2. The van der Waals surface area contributed by atoms with E-state index in [0.29, 0.717) is 38.2 Å². The minimum atomic E-state index is -4.31. The van der Waals surface area contributed by atoms with Crippen LogP contribution in [-0.2, 0) is 16.3 Å². The third kappa shape index (κ3) is 2.52. The van der Waals surface area contributed by atoms with Crippen LogP contribution in [0.2, 0.25) is 0 Å². The summed E-state index contributed by atoms with van der Waals surface area (Å²) in [5, 5.41) is 0. The van der Waals surface area contributed by atoms with Gasteiger partial charge in [0.1, 0.15) is 0 Å². The Morgan fingerprint density at radius 1 is 1.22 bits per heavy atom. The van der Waals surface area contributed by atoms with Gasteiger partial charge in [-0.15, -0.1) is 0 Å².